The summed E-state index contributed by atoms with van der Waals surface area (Å²) in [4.78, 5) is 12.5. The number of hydrogen-bond acceptors (Lipinski definition) is 2. The van der Waals surface area contributed by atoms with E-state index in [1.165, 1.54) is 6.07 Å². The maximum atomic E-state index is 13.7. The van der Waals surface area contributed by atoms with Gasteiger partial charge >= 0.3 is 6.03 Å². The van der Waals surface area contributed by atoms with Gasteiger partial charge in [-0.2, -0.15) is 0 Å². The van der Waals surface area contributed by atoms with Crippen LogP contribution in [-0.2, 0) is 0 Å². The number of primary amides is 1. The quantitative estimate of drug-likeness (QED) is 0.874. The van der Waals surface area contributed by atoms with E-state index in [1.807, 2.05) is 0 Å². The number of benzene rings is 1. The first-order valence-electron chi connectivity index (χ1n) is 5.93. The van der Waals surface area contributed by atoms with E-state index in [0.717, 1.165) is 6.07 Å². The zero-order chi connectivity index (χ0) is 14.0. The summed E-state index contributed by atoms with van der Waals surface area (Å²) >= 11 is 3.13. The first-order valence-corrected chi connectivity index (χ1v) is 6.72. The van der Waals surface area contributed by atoms with E-state index in [0.29, 0.717) is 30.4 Å². The van der Waals surface area contributed by atoms with E-state index >= 15 is 0 Å². The predicted molar refractivity (Wildman–Crippen MR) is 71.9 cm³/mol. The average Bonchev–Trinajstić information content (AvgIpc) is 2.34. The molecule has 0 bridgehead atoms. The smallest absolute Gasteiger partial charge is 0.314 e. The molecule has 0 atom stereocenters. The third kappa shape index (κ3) is 3.34. The molecule has 1 aromatic carbocycles. The molecule has 0 aliphatic carbocycles. The molecule has 0 radical (unpaired) electrons. The Morgan fingerprint density at radius 2 is 2.00 bits per heavy atom. The number of carbonyl (C=O) groups is 1. The number of nitrogens with zero attached hydrogens (tertiary/aromatic N) is 1. The van der Waals surface area contributed by atoms with Gasteiger partial charge in [0.15, 0.2) is 0 Å². The molecule has 1 aliphatic heterocycles. The largest absolute Gasteiger partial charge is 0.379 e. The van der Waals surface area contributed by atoms with E-state index in [-0.39, 0.29) is 11.7 Å². The van der Waals surface area contributed by atoms with Crippen LogP contribution >= 0.6 is 15.9 Å². The van der Waals surface area contributed by atoms with Gasteiger partial charge in [0.1, 0.15) is 11.6 Å². The van der Waals surface area contributed by atoms with Gasteiger partial charge in [-0.3, -0.25) is 0 Å². The number of nitrogens with one attached hydrogen (secondary N) is 1. The molecule has 104 valence electrons. The molecule has 1 aliphatic rings. The summed E-state index contributed by atoms with van der Waals surface area (Å²) in [5.74, 6) is -1.26. The van der Waals surface area contributed by atoms with Crippen molar-refractivity contribution in [3.05, 3.63) is 28.2 Å². The number of nitrogens with two attached hydrogens (primary N) is 1. The van der Waals surface area contributed by atoms with Crippen LogP contribution in [0.5, 0.6) is 0 Å². The number of rotatable bonds is 2. The van der Waals surface area contributed by atoms with Crippen LogP contribution in [0.3, 0.4) is 0 Å². The molecule has 3 N–H and O–H groups in total. The Kier molecular flexibility index (Phi) is 4.24. The number of halogens is 3. The molecular weight excluding hydrogens is 320 g/mol. The summed E-state index contributed by atoms with van der Waals surface area (Å²) in [6, 6.07) is 1.65. The van der Waals surface area contributed by atoms with Crippen LogP contribution in [0, 0.1) is 11.6 Å². The number of likely N-dealkylation sites (tertiary alicyclic amines) is 1. The zero-order valence-corrected chi connectivity index (χ0v) is 11.7. The first kappa shape index (κ1) is 14.0. The molecule has 1 aromatic rings. The highest BCUT2D eigenvalue weighted by molar-refractivity contribution is 9.10. The van der Waals surface area contributed by atoms with Crippen LogP contribution < -0.4 is 11.1 Å². The van der Waals surface area contributed by atoms with Gasteiger partial charge in [-0.05, 0) is 34.8 Å². The number of piperidine rings is 1. The van der Waals surface area contributed by atoms with Crippen LogP contribution in [0.2, 0.25) is 0 Å². The van der Waals surface area contributed by atoms with Crippen molar-refractivity contribution in [2.24, 2.45) is 5.73 Å². The standard InChI is InChI=1S/C12H14BrF2N3O/c13-9-5-7(14)6-10(15)11(9)17-8-1-3-18(4-2-8)12(16)19/h5-6,8,17H,1-4H2,(H2,16,19). The second kappa shape index (κ2) is 5.73. The minimum absolute atomic E-state index is 0.0341. The second-order valence-corrected chi connectivity index (χ2v) is 5.34. The van der Waals surface area contributed by atoms with Crippen LogP contribution in [-0.4, -0.2) is 30.1 Å². The molecule has 19 heavy (non-hydrogen) atoms. The number of carbonyl (C=O) groups excluding carboxylic acids is 1. The monoisotopic (exact) mass is 333 g/mol. The number of amides is 2. The Morgan fingerprint density at radius 3 is 2.53 bits per heavy atom. The molecule has 2 rings (SSSR count). The lowest BCUT2D eigenvalue weighted by atomic mass is 10.0. The van der Waals surface area contributed by atoms with Gasteiger partial charge in [-0.15, -0.1) is 0 Å². The summed E-state index contributed by atoms with van der Waals surface area (Å²) in [5.41, 5.74) is 5.44. The van der Waals surface area contributed by atoms with Gasteiger partial charge in [0.2, 0.25) is 0 Å². The third-order valence-corrected chi connectivity index (χ3v) is 3.79. The van der Waals surface area contributed by atoms with Crippen LogP contribution in [0.15, 0.2) is 16.6 Å². The minimum Gasteiger partial charge on any atom is -0.379 e. The van der Waals surface area contributed by atoms with Crippen LogP contribution in [0.4, 0.5) is 19.3 Å². The Labute approximate surface area is 118 Å². The molecule has 1 saturated heterocycles. The molecule has 7 heteroatoms. The number of anilines is 1. The fraction of sp³-hybridized carbons (Fsp3) is 0.417. The molecular formula is C12H14BrF2N3O. The fourth-order valence-electron chi connectivity index (χ4n) is 2.13. The summed E-state index contributed by atoms with van der Waals surface area (Å²) in [5, 5.41) is 3.04. The molecule has 0 aromatic heterocycles. The Morgan fingerprint density at radius 1 is 1.37 bits per heavy atom. The van der Waals surface area contributed by atoms with Gasteiger partial charge in [0.05, 0.1) is 5.69 Å². The van der Waals surface area contributed by atoms with E-state index in [9.17, 15) is 13.6 Å². The molecule has 1 heterocycles. The molecule has 0 spiro atoms. The lowest BCUT2D eigenvalue weighted by Gasteiger charge is -2.32. The van der Waals surface area contributed by atoms with Gasteiger partial charge < -0.3 is 16.0 Å². The maximum absolute atomic E-state index is 13.7. The Bertz CT molecular complexity index is 467. The Balaban J connectivity index is 2.02. The third-order valence-electron chi connectivity index (χ3n) is 3.16. The maximum Gasteiger partial charge on any atom is 0.314 e. The van der Waals surface area contributed by atoms with Crippen molar-refractivity contribution in [1.82, 2.24) is 4.90 Å². The lowest BCUT2D eigenvalue weighted by Crippen LogP contribution is -2.44. The van der Waals surface area contributed by atoms with Crippen LogP contribution in [0.1, 0.15) is 12.8 Å². The topological polar surface area (TPSA) is 58.4 Å². The van der Waals surface area contributed by atoms with Gasteiger partial charge in [0.25, 0.3) is 0 Å². The van der Waals surface area contributed by atoms with Crippen molar-refractivity contribution in [2.75, 3.05) is 18.4 Å². The molecule has 4 nitrogen and oxygen atoms in total. The van der Waals surface area contributed by atoms with Crippen molar-refractivity contribution in [3.63, 3.8) is 0 Å². The van der Waals surface area contributed by atoms with Crippen molar-refractivity contribution >= 4 is 27.6 Å². The van der Waals surface area contributed by atoms with Gasteiger partial charge in [0, 0.05) is 29.7 Å². The SMILES string of the molecule is NC(=O)N1CCC(Nc2c(F)cc(F)cc2Br)CC1. The summed E-state index contributed by atoms with van der Waals surface area (Å²) in [6.07, 6.45) is 1.35. The Hall–Kier alpha value is -1.37. The van der Waals surface area contributed by atoms with Gasteiger partial charge in [-0.1, -0.05) is 0 Å². The van der Waals surface area contributed by atoms with Crippen molar-refractivity contribution in [2.45, 2.75) is 18.9 Å². The number of hydrogen-bond donors (Lipinski definition) is 2. The average molecular weight is 334 g/mol. The van der Waals surface area contributed by atoms with E-state index in [2.05, 4.69) is 21.2 Å². The first-order chi connectivity index (χ1) is 8.97. The lowest BCUT2D eigenvalue weighted by molar-refractivity contribution is 0.193. The van der Waals surface area contributed by atoms with Gasteiger partial charge in [-0.25, -0.2) is 13.6 Å². The van der Waals surface area contributed by atoms with Crippen LogP contribution in [0.25, 0.3) is 0 Å². The molecule has 2 amide bonds. The van der Waals surface area contributed by atoms with Crippen molar-refractivity contribution < 1.29 is 13.6 Å². The van der Waals surface area contributed by atoms with Crippen molar-refractivity contribution in [3.8, 4) is 0 Å². The molecule has 0 unspecified atom stereocenters. The highest BCUT2D eigenvalue weighted by Gasteiger charge is 2.22. The molecule has 1 fully saturated rings. The fourth-order valence-corrected chi connectivity index (χ4v) is 2.65. The van der Waals surface area contributed by atoms with Crippen molar-refractivity contribution in [1.29, 1.82) is 0 Å². The summed E-state index contributed by atoms with van der Waals surface area (Å²) in [6.45, 7) is 1.07. The highest BCUT2D eigenvalue weighted by atomic mass is 79.9. The zero-order valence-electron chi connectivity index (χ0n) is 10.1. The molecule has 0 saturated carbocycles. The summed E-state index contributed by atoms with van der Waals surface area (Å²) in [7, 11) is 0. The second-order valence-electron chi connectivity index (χ2n) is 4.49. The van der Waals surface area contributed by atoms with E-state index in [4.69, 9.17) is 5.73 Å². The van der Waals surface area contributed by atoms with E-state index < -0.39 is 17.7 Å². The number of urea groups is 1. The normalized spacial score (nSPS) is 16.5. The minimum atomic E-state index is -0.635. The summed E-state index contributed by atoms with van der Waals surface area (Å²) < 4.78 is 27.0. The predicted octanol–water partition coefficient (Wildman–Crippen LogP) is 2.68. The van der Waals surface area contributed by atoms with E-state index in [1.54, 1.807) is 4.90 Å². The highest BCUT2D eigenvalue weighted by Crippen LogP contribution is 2.29.